The van der Waals surface area contributed by atoms with Crippen molar-refractivity contribution in [3.8, 4) is 10.6 Å². The molecule has 0 bridgehead atoms. The molecule has 32 heavy (non-hydrogen) atoms. The number of nitro groups is 1. The van der Waals surface area contributed by atoms with E-state index in [4.69, 9.17) is 4.98 Å². The number of carbonyl (C=O) groups excluding carboxylic acids is 1. The maximum atomic E-state index is 12.7. The van der Waals surface area contributed by atoms with E-state index in [1.807, 2.05) is 18.2 Å². The largest absolute Gasteiger partial charge is 0.324 e. The van der Waals surface area contributed by atoms with Gasteiger partial charge in [0.2, 0.25) is 5.91 Å². The van der Waals surface area contributed by atoms with E-state index in [1.54, 1.807) is 34.8 Å². The highest BCUT2D eigenvalue weighted by Gasteiger charge is 2.26. The molecular weight excluding hydrogens is 464 g/mol. The Labute approximate surface area is 195 Å². The summed E-state index contributed by atoms with van der Waals surface area (Å²) in [5.41, 5.74) is 3.24. The van der Waals surface area contributed by atoms with Gasteiger partial charge in [-0.3, -0.25) is 14.9 Å². The predicted molar refractivity (Wildman–Crippen MR) is 132 cm³/mol. The van der Waals surface area contributed by atoms with Crippen LogP contribution >= 0.6 is 34.0 Å². The lowest BCUT2D eigenvalue weighted by atomic mass is 10.0. The highest BCUT2D eigenvalue weighted by molar-refractivity contribution is 7.23. The number of likely N-dealkylation sites (N-methyl/N-ethyl adjacent to an activating group) is 1. The van der Waals surface area contributed by atoms with Gasteiger partial charge in [-0.1, -0.05) is 23.5 Å². The molecule has 1 aliphatic rings. The second-order valence-corrected chi connectivity index (χ2v) is 10.7. The third-order valence-corrected chi connectivity index (χ3v) is 8.37. The van der Waals surface area contributed by atoms with Gasteiger partial charge in [0.1, 0.15) is 10.0 Å². The van der Waals surface area contributed by atoms with Gasteiger partial charge in [-0.25, -0.2) is 4.98 Å². The highest BCUT2D eigenvalue weighted by atomic mass is 32.1. The van der Waals surface area contributed by atoms with Crippen LogP contribution in [0.2, 0.25) is 0 Å². The van der Waals surface area contributed by atoms with Crippen molar-refractivity contribution < 1.29 is 9.72 Å². The van der Waals surface area contributed by atoms with Crippen LogP contribution in [-0.2, 0) is 17.8 Å². The van der Waals surface area contributed by atoms with Crippen LogP contribution in [-0.4, -0.2) is 34.3 Å². The van der Waals surface area contributed by atoms with E-state index in [0.29, 0.717) is 4.88 Å². The SMILES string of the molecule is CN1CCc2c(sc(NC(=O)/C=C/c3ccc([N+](=O)[O-])s3)c2-c2nc3ccccc3s2)C1. The molecule has 5 rings (SSSR count). The van der Waals surface area contributed by atoms with Crippen molar-refractivity contribution in [1.82, 2.24) is 9.88 Å². The van der Waals surface area contributed by atoms with Gasteiger partial charge in [0.05, 0.1) is 15.1 Å². The molecular formula is C22H18N4O3S3. The van der Waals surface area contributed by atoms with Crippen LogP contribution < -0.4 is 5.32 Å². The number of thiazole rings is 1. The van der Waals surface area contributed by atoms with Crippen LogP contribution in [0.5, 0.6) is 0 Å². The zero-order chi connectivity index (χ0) is 22.2. The minimum Gasteiger partial charge on any atom is -0.313 e. The number of carbonyl (C=O) groups is 1. The molecule has 7 nitrogen and oxygen atoms in total. The van der Waals surface area contributed by atoms with Crippen molar-refractivity contribution in [1.29, 1.82) is 0 Å². The van der Waals surface area contributed by atoms with Gasteiger partial charge in [-0.05, 0) is 43.3 Å². The van der Waals surface area contributed by atoms with Gasteiger partial charge in [0.25, 0.3) is 0 Å². The summed E-state index contributed by atoms with van der Waals surface area (Å²) in [5.74, 6) is -0.268. The third-order valence-electron chi connectivity index (χ3n) is 5.18. The van der Waals surface area contributed by atoms with Crippen LogP contribution in [0.15, 0.2) is 42.5 Å². The standard InChI is InChI=1S/C22H18N4O3S3/c1-25-11-10-14-17(12-25)32-22(20(14)21-23-15-4-2-3-5-16(15)31-21)24-18(27)8-6-13-7-9-19(30-13)26(28)29/h2-9H,10-12H2,1H3,(H,24,27)/b8-6+. The Morgan fingerprint density at radius 1 is 1.22 bits per heavy atom. The number of nitrogens with one attached hydrogen (secondary N) is 1. The van der Waals surface area contributed by atoms with Gasteiger partial charge < -0.3 is 10.2 Å². The summed E-state index contributed by atoms with van der Waals surface area (Å²) in [4.78, 5) is 32.2. The van der Waals surface area contributed by atoms with Gasteiger partial charge >= 0.3 is 5.00 Å². The number of hydrogen-bond acceptors (Lipinski definition) is 8. The third kappa shape index (κ3) is 4.09. The fraction of sp³-hybridized carbons (Fsp3) is 0.182. The smallest absolute Gasteiger partial charge is 0.313 e. The number of anilines is 1. The molecule has 0 fully saturated rings. The maximum Gasteiger partial charge on any atom is 0.324 e. The minimum absolute atomic E-state index is 0.0539. The van der Waals surface area contributed by atoms with Crippen LogP contribution in [0.4, 0.5) is 10.0 Å². The lowest BCUT2D eigenvalue weighted by Crippen LogP contribution is -2.25. The minimum atomic E-state index is -0.431. The monoisotopic (exact) mass is 482 g/mol. The number of fused-ring (bicyclic) bond motifs is 2. The second-order valence-electron chi connectivity index (χ2n) is 7.44. The lowest BCUT2D eigenvalue weighted by molar-refractivity contribution is -0.380. The summed E-state index contributed by atoms with van der Waals surface area (Å²) < 4.78 is 1.12. The van der Waals surface area contributed by atoms with E-state index >= 15 is 0 Å². The van der Waals surface area contributed by atoms with E-state index in [1.165, 1.54) is 22.6 Å². The first kappa shape index (κ1) is 21.0. The molecule has 3 aromatic heterocycles. The first-order valence-electron chi connectivity index (χ1n) is 9.90. The van der Waals surface area contributed by atoms with Crippen LogP contribution in [0.1, 0.15) is 15.3 Å². The zero-order valence-corrected chi connectivity index (χ0v) is 19.5. The fourth-order valence-electron chi connectivity index (χ4n) is 3.67. The molecule has 0 unspecified atom stereocenters. The number of aromatic nitrogens is 1. The first-order valence-corrected chi connectivity index (χ1v) is 12.3. The molecule has 4 heterocycles. The Morgan fingerprint density at radius 3 is 2.84 bits per heavy atom. The summed E-state index contributed by atoms with van der Waals surface area (Å²) in [5, 5.41) is 15.7. The molecule has 10 heteroatoms. The number of nitrogens with zero attached hydrogens (tertiary/aromatic N) is 3. The molecule has 0 saturated heterocycles. The van der Waals surface area contributed by atoms with Gasteiger partial charge in [0, 0.05) is 40.5 Å². The average Bonchev–Trinajstić information content (AvgIpc) is 3.48. The van der Waals surface area contributed by atoms with E-state index in [2.05, 4.69) is 23.3 Å². The Hall–Kier alpha value is -2.92. The van der Waals surface area contributed by atoms with E-state index in [-0.39, 0.29) is 10.9 Å². The molecule has 0 aliphatic carbocycles. The van der Waals surface area contributed by atoms with Crippen molar-refractivity contribution in [2.45, 2.75) is 13.0 Å². The Balaban J connectivity index is 1.47. The highest BCUT2D eigenvalue weighted by Crippen LogP contribution is 2.45. The van der Waals surface area contributed by atoms with Crippen LogP contribution in [0.3, 0.4) is 0 Å². The molecule has 4 aromatic rings. The molecule has 162 valence electrons. The number of hydrogen-bond donors (Lipinski definition) is 1. The fourth-order valence-corrected chi connectivity index (χ4v) is 6.83. The normalized spacial score (nSPS) is 14.2. The van der Waals surface area contributed by atoms with Gasteiger partial charge in [-0.2, -0.15) is 0 Å². The number of benzene rings is 1. The van der Waals surface area contributed by atoms with E-state index < -0.39 is 4.92 Å². The molecule has 0 atom stereocenters. The van der Waals surface area contributed by atoms with Crippen molar-refractivity contribution >= 4 is 66.2 Å². The Morgan fingerprint density at radius 2 is 2.06 bits per heavy atom. The van der Waals surface area contributed by atoms with Crippen molar-refractivity contribution in [3.05, 3.63) is 67.9 Å². The molecule has 0 radical (unpaired) electrons. The number of para-hydroxylation sites is 1. The summed E-state index contributed by atoms with van der Waals surface area (Å²) in [7, 11) is 2.10. The van der Waals surface area contributed by atoms with Gasteiger partial charge in [0.15, 0.2) is 0 Å². The average molecular weight is 483 g/mol. The molecule has 1 aromatic carbocycles. The van der Waals surface area contributed by atoms with Gasteiger partial charge in [-0.15, -0.1) is 22.7 Å². The second kappa shape index (κ2) is 8.55. The summed E-state index contributed by atoms with van der Waals surface area (Å²) in [6.45, 7) is 1.81. The Bertz CT molecular complexity index is 1330. The van der Waals surface area contributed by atoms with Crippen molar-refractivity contribution in [2.24, 2.45) is 0 Å². The van der Waals surface area contributed by atoms with E-state index in [0.717, 1.165) is 56.6 Å². The maximum absolute atomic E-state index is 12.7. The summed E-state index contributed by atoms with van der Waals surface area (Å²) in [6.07, 6.45) is 3.94. The number of thiophene rings is 2. The summed E-state index contributed by atoms with van der Waals surface area (Å²) in [6, 6.07) is 11.1. The lowest BCUT2D eigenvalue weighted by Gasteiger charge is -2.22. The molecule has 1 amide bonds. The molecule has 0 spiro atoms. The van der Waals surface area contributed by atoms with Crippen molar-refractivity contribution in [2.75, 3.05) is 18.9 Å². The van der Waals surface area contributed by atoms with Crippen molar-refractivity contribution in [3.63, 3.8) is 0 Å². The van der Waals surface area contributed by atoms with Crippen LogP contribution in [0, 0.1) is 10.1 Å². The van der Waals surface area contributed by atoms with Crippen LogP contribution in [0.25, 0.3) is 26.9 Å². The quantitative estimate of drug-likeness (QED) is 0.226. The topological polar surface area (TPSA) is 88.4 Å². The zero-order valence-electron chi connectivity index (χ0n) is 17.0. The number of amides is 1. The Kier molecular flexibility index (Phi) is 5.60. The summed E-state index contributed by atoms with van der Waals surface area (Å²) >= 11 is 4.27. The predicted octanol–water partition coefficient (Wildman–Crippen LogP) is 5.63. The number of rotatable bonds is 5. The molecule has 1 aliphatic heterocycles. The molecule has 0 saturated carbocycles. The van der Waals surface area contributed by atoms with E-state index in [9.17, 15) is 14.9 Å². The molecule has 1 N–H and O–H groups in total. The first-order chi connectivity index (χ1) is 15.5.